The third-order valence-electron chi connectivity index (χ3n) is 2.21. The molecule has 2 N–H and O–H groups in total. The number of aliphatic hydroxyl groups is 2. The van der Waals surface area contributed by atoms with Crippen LogP contribution in [0.5, 0.6) is 0 Å². The molecule has 0 radical (unpaired) electrons. The topological polar surface area (TPSA) is 81.3 Å². The van der Waals surface area contributed by atoms with E-state index in [1.54, 1.807) is 0 Å². The number of nitrogens with zero attached hydrogens (tertiary/aromatic N) is 1. The first kappa shape index (κ1) is 15.0. The molecule has 96 valence electrons. The monoisotopic (exact) mass is 285 g/mol. The molecule has 1 aromatic rings. The molecule has 0 spiro atoms. The zero-order chi connectivity index (χ0) is 13.7. The van der Waals surface area contributed by atoms with Gasteiger partial charge in [-0.15, -0.1) is 0 Å². The molecule has 0 bridgehead atoms. The second-order valence-corrected chi connectivity index (χ2v) is 5.33. The molecule has 0 aliphatic heterocycles. The van der Waals surface area contributed by atoms with Crippen LogP contribution < -0.4 is 0 Å². The molecular formula is C12H12ClNO3S. The minimum absolute atomic E-state index is 0.0882. The Kier molecular flexibility index (Phi) is 5.63. The fourth-order valence-electron chi connectivity index (χ4n) is 1.36. The van der Waals surface area contributed by atoms with Gasteiger partial charge in [0.2, 0.25) is 0 Å². The number of hydrogen-bond acceptors (Lipinski definition) is 5. The predicted molar refractivity (Wildman–Crippen MR) is 70.3 cm³/mol. The number of nitriles is 1. The highest BCUT2D eigenvalue weighted by Crippen LogP contribution is 2.24. The van der Waals surface area contributed by atoms with Gasteiger partial charge in [-0.05, 0) is 23.8 Å². The molecule has 0 fully saturated rings. The lowest BCUT2D eigenvalue weighted by Crippen LogP contribution is -2.21. The summed E-state index contributed by atoms with van der Waals surface area (Å²) in [5.41, 5.74) is 0.665. The maximum atomic E-state index is 10.8. The largest absolute Gasteiger partial charge is 0.389 e. The summed E-state index contributed by atoms with van der Waals surface area (Å²) in [6.07, 6.45) is -2.27. The van der Waals surface area contributed by atoms with Gasteiger partial charge in [0.1, 0.15) is 6.10 Å². The van der Waals surface area contributed by atoms with Crippen molar-refractivity contribution in [3.63, 3.8) is 0 Å². The van der Waals surface area contributed by atoms with Crippen LogP contribution in [0.2, 0.25) is 5.02 Å². The van der Waals surface area contributed by atoms with Crippen molar-refractivity contribution in [1.29, 1.82) is 5.26 Å². The van der Waals surface area contributed by atoms with Crippen LogP contribution >= 0.6 is 23.4 Å². The van der Waals surface area contributed by atoms with Gasteiger partial charge in [-0.1, -0.05) is 23.4 Å². The highest BCUT2D eigenvalue weighted by Gasteiger charge is 2.20. The molecule has 0 heterocycles. The Morgan fingerprint density at radius 1 is 1.50 bits per heavy atom. The van der Waals surface area contributed by atoms with Gasteiger partial charge in [0.15, 0.2) is 5.12 Å². The second kappa shape index (κ2) is 6.76. The zero-order valence-electron chi connectivity index (χ0n) is 9.63. The van der Waals surface area contributed by atoms with Crippen molar-refractivity contribution in [2.75, 3.05) is 5.75 Å². The van der Waals surface area contributed by atoms with E-state index in [1.807, 2.05) is 6.07 Å². The first-order valence-corrected chi connectivity index (χ1v) is 6.50. The quantitative estimate of drug-likeness (QED) is 0.883. The maximum Gasteiger partial charge on any atom is 0.185 e. The molecule has 6 heteroatoms. The summed E-state index contributed by atoms with van der Waals surface area (Å²) >= 11 is 6.73. The predicted octanol–water partition coefficient (Wildman–Crippen LogP) is 1.89. The van der Waals surface area contributed by atoms with E-state index in [0.29, 0.717) is 16.1 Å². The molecule has 1 aromatic carbocycles. The molecule has 0 aromatic heterocycles. The summed E-state index contributed by atoms with van der Waals surface area (Å²) in [6.45, 7) is 1.39. The Balaban J connectivity index is 2.83. The van der Waals surface area contributed by atoms with Gasteiger partial charge >= 0.3 is 0 Å². The van der Waals surface area contributed by atoms with Crippen molar-refractivity contribution in [1.82, 2.24) is 0 Å². The summed E-state index contributed by atoms with van der Waals surface area (Å²) in [5.74, 6) is 0.0882. The average Bonchev–Trinajstić information content (AvgIpc) is 2.34. The standard InChI is InChI=1S/C12H12ClNO3S/c1-7(15)18-6-11(16)12(17)9-2-8(5-14)3-10(13)4-9/h2-4,11-12,16-17H,6H2,1H3. The normalized spacial score (nSPS) is 13.7. The number of rotatable bonds is 4. The molecule has 0 aliphatic rings. The van der Waals surface area contributed by atoms with Crippen molar-refractivity contribution >= 4 is 28.5 Å². The van der Waals surface area contributed by atoms with Crippen LogP contribution in [0.25, 0.3) is 0 Å². The molecule has 0 amide bonds. The highest BCUT2D eigenvalue weighted by molar-refractivity contribution is 8.13. The number of benzene rings is 1. The van der Waals surface area contributed by atoms with E-state index in [-0.39, 0.29) is 10.9 Å². The summed E-state index contributed by atoms with van der Waals surface area (Å²) in [7, 11) is 0. The second-order valence-electron chi connectivity index (χ2n) is 3.70. The molecule has 4 nitrogen and oxygen atoms in total. The third kappa shape index (κ3) is 4.31. The van der Waals surface area contributed by atoms with Crippen molar-refractivity contribution < 1.29 is 15.0 Å². The van der Waals surface area contributed by atoms with Gasteiger partial charge in [0, 0.05) is 17.7 Å². The molecule has 2 unspecified atom stereocenters. The number of carbonyl (C=O) groups excluding carboxylic acids is 1. The lowest BCUT2D eigenvalue weighted by atomic mass is 10.0. The van der Waals surface area contributed by atoms with Crippen molar-refractivity contribution in [3.05, 3.63) is 34.3 Å². The van der Waals surface area contributed by atoms with Crippen LogP contribution in [0.3, 0.4) is 0 Å². The van der Waals surface area contributed by atoms with Crippen LogP contribution in [0.1, 0.15) is 24.2 Å². The summed E-state index contributed by atoms with van der Waals surface area (Å²) in [5, 5.41) is 28.6. The van der Waals surface area contributed by atoms with Gasteiger partial charge in [-0.25, -0.2) is 0 Å². The molecule has 0 saturated carbocycles. The van der Waals surface area contributed by atoms with E-state index in [4.69, 9.17) is 16.9 Å². The Morgan fingerprint density at radius 2 is 2.17 bits per heavy atom. The van der Waals surface area contributed by atoms with Crippen LogP contribution in [0, 0.1) is 11.3 Å². The summed E-state index contributed by atoms with van der Waals surface area (Å²) < 4.78 is 0. The maximum absolute atomic E-state index is 10.8. The van der Waals surface area contributed by atoms with Gasteiger partial charge in [-0.3, -0.25) is 4.79 Å². The Hall–Kier alpha value is -1.06. The minimum atomic E-state index is -1.18. The van der Waals surface area contributed by atoms with Crippen molar-refractivity contribution in [2.45, 2.75) is 19.1 Å². The molecule has 2 atom stereocenters. The van der Waals surface area contributed by atoms with E-state index >= 15 is 0 Å². The van der Waals surface area contributed by atoms with Crippen LogP contribution in [0.4, 0.5) is 0 Å². The fraction of sp³-hybridized carbons (Fsp3) is 0.333. The Labute approximate surface area is 114 Å². The van der Waals surface area contributed by atoms with Crippen LogP contribution in [0.15, 0.2) is 18.2 Å². The Morgan fingerprint density at radius 3 is 2.72 bits per heavy atom. The number of aliphatic hydroxyl groups excluding tert-OH is 2. The van der Waals surface area contributed by atoms with E-state index in [9.17, 15) is 15.0 Å². The van der Waals surface area contributed by atoms with Crippen molar-refractivity contribution in [3.8, 4) is 6.07 Å². The molecule has 1 rings (SSSR count). The molecule has 0 saturated heterocycles. The minimum Gasteiger partial charge on any atom is -0.389 e. The lowest BCUT2D eigenvalue weighted by Gasteiger charge is -2.17. The van der Waals surface area contributed by atoms with Gasteiger partial charge in [0.05, 0.1) is 17.7 Å². The van der Waals surface area contributed by atoms with Gasteiger partial charge < -0.3 is 10.2 Å². The summed E-state index contributed by atoms with van der Waals surface area (Å²) in [4.78, 5) is 10.8. The number of hydrogen-bond donors (Lipinski definition) is 2. The molecule has 0 aliphatic carbocycles. The van der Waals surface area contributed by atoms with Crippen LogP contribution in [-0.4, -0.2) is 27.2 Å². The SMILES string of the molecule is CC(=O)SCC(O)C(O)c1cc(Cl)cc(C#N)c1. The lowest BCUT2D eigenvalue weighted by molar-refractivity contribution is -0.109. The molecular weight excluding hydrogens is 274 g/mol. The van der Waals surface area contributed by atoms with Crippen molar-refractivity contribution in [2.24, 2.45) is 0 Å². The van der Waals surface area contributed by atoms with E-state index in [0.717, 1.165) is 11.8 Å². The van der Waals surface area contributed by atoms with E-state index in [2.05, 4.69) is 0 Å². The van der Waals surface area contributed by atoms with E-state index < -0.39 is 12.2 Å². The average molecular weight is 286 g/mol. The zero-order valence-corrected chi connectivity index (χ0v) is 11.2. The van der Waals surface area contributed by atoms with Gasteiger partial charge in [-0.2, -0.15) is 5.26 Å². The fourth-order valence-corrected chi connectivity index (χ4v) is 2.19. The summed E-state index contributed by atoms with van der Waals surface area (Å²) in [6, 6.07) is 6.32. The molecule has 18 heavy (non-hydrogen) atoms. The van der Waals surface area contributed by atoms with E-state index in [1.165, 1.54) is 25.1 Å². The Bertz CT molecular complexity index is 487. The number of thioether (sulfide) groups is 1. The first-order valence-electron chi connectivity index (χ1n) is 5.14. The smallest absolute Gasteiger partial charge is 0.185 e. The first-order chi connectivity index (χ1) is 8.43. The highest BCUT2D eigenvalue weighted by atomic mass is 35.5. The number of halogens is 1. The number of carbonyl (C=O) groups is 1. The van der Waals surface area contributed by atoms with Gasteiger partial charge in [0.25, 0.3) is 0 Å². The third-order valence-corrected chi connectivity index (χ3v) is 3.35. The van der Waals surface area contributed by atoms with Crippen LogP contribution in [-0.2, 0) is 4.79 Å².